The maximum atomic E-state index is 13.2. The zero-order valence-electron chi connectivity index (χ0n) is 9.43. The molecule has 90 valence electrons. The van der Waals surface area contributed by atoms with E-state index in [1.165, 1.54) is 12.1 Å². The molecule has 0 unspecified atom stereocenters. The third-order valence-electron chi connectivity index (χ3n) is 2.34. The van der Waals surface area contributed by atoms with Crippen molar-refractivity contribution in [1.82, 2.24) is 14.8 Å². The van der Waals surface area contributed by atoms with Gasteiger partial charge in [-0.15, -0.1) is 10.2 Å². The lowest BCUT2D eigenvalue weighted by Gasteiger charge is -2.07. The number of aromatic nitrogens is 3. The van der Waals surface area contributed by atoms with Crippen LogP contribution in [0.4, 0.5) is 4.39 Å². The second-order valence-corrected chi connectivity index (χ2v) is 3.65. The molecule has 6 heteroatoms. The molecule has 0 radical (unpaired) electrons. The molecule has 17 heavy (non-hydrogen) atoms. The Morgan fingerprint density at radius 1 is 1.41 bits per heavy atom. The van der Waals surface area contributed by atoms with Gasteiger partial charge >= 0.3 is 0 Å². The first-order valence-corrected chi connectivity index (χ1v) is 5.14. The van der Waals surface area contributed by atoms with E-state index < -0.39 is 0 Å². The number of halogens is 1. The Bertz CT molecular complexity index is 512. The molecule has 0 fully saturated rings. The number of hydrogen-bond donors (Lipinski definition) is 1. The molecular weight excluding hydrogens is 223 g/mol. The average Bonchev–Trinajstić information content (AvgIpc) is 2.71. The average molecular weight is 236 g/mol. The summed E-state index contributed by atoms with van der Waals surface area (Å²) in [5, 5.41) is 7.59. The molecular formula is C11H13FN4O. The maximum absolute atomic E-state index is 13.2. The Labute approximate surface area is 98.0 Å². The van der Waals surface area contributed by atoms with E-state index in [-0.39, 0.29) is 19.0 Å². The van der Waals surface area contributed by atoms with Crippen LogP contribution in [0.3, 0.4) is 0 Å². The summed E-state index contributed by atoms with van der Waals surface area (Å²) in [6.45, 7) is 0.516. The first-order valence-electron chi connectivity index (χ1n) is 5.14. The van der Waals surface area contributed by atoms with E-state index in [1.807, 2.05) is 7.05 Å². The fourth-order valence-corrected chi connectivity index (χ4v) is 1.41. The summed E-state index contributed by atoms with van der Waals surface area (Å²) >= 11 is 0. The Kier molecular flexibility index (Phi) is 3.34. The lowest BCUT2D eigenvalue weighted by atomic mass is 10.2. The molecule has 0 spiro atoms. The topological polar surface area (TPSA) is 66.0 Å². The number of aryl methyl sites for hydroxylation is 1. The summed E-state index contributed by atoms with van der Waals surface area (Å²) in [6, 6.07) is 4.41. The van der Waals surface area contributed by atoms with Crippen molar-refractivity contribution in [1.29, 1.82) is 0 Å². The molecule has 0 atom stereocenters. The molecule has 1 aromatic heterocycles. The first-order chi connectivity index (χ1) is 8.19. The van der Waals surface area contributed by atoms with Crippen LogP contribution < -0.4 is 10.5 Å². The van der Waals surface area contributed by atoms with E-state index in [2.05, 4.69) is 10.2 Å². The highest BCUT2D eigenvalue weighted by molar-refractivity contribution is 5.29. The zero-order chi connectivity index (χ0) is 12.3. The summed E-state index contributed by atoms with van der Waals surface area (Å²) in [5.41, 5.74) is 6.15. The molecule has 2 N–H and O–H groups in total. The van der Waals surface area contributed by atoms with Gasteiger partial charge in [0, 0.05) is 19.7 Å². The van der Waals surface area contributed by atoms with Crippen molar-refractivity contribution in [3.05, 3.63) is 41.7 Å². The van der Waals surface area contributed by atoms with Crippen LogP contribution in [0, 0.1) is 5.82 Å². The highest BCUT2D eigenvalue weighted by Gasteiger charge is 2.04. The minimum atomic E-state index is -0.360. The lowest BCUT2D eigenvalue weighted by Crippen LogP contribution is -2.04. The third kappa shape index (κ3) is 2.79. The van der Waals surface area contributed by atoms with E-state index in [0.29, 0.717) is 17.1 Å². The van der Waals surface area contributed by atoms with Crippen LogP contribution in [0.1, 0.15) is 11.4 Å². The third-order valence-corrected chi connectivity index (χ3v) is 2.34. The van der Waals surface area contributed by atoms with Crippen molar-refractivity contribution >= 4 is 0 Å². The smallest absolute Gasteiger partial charge is 0.170 e. The minimum absolute atomic E-state index is 0.240. The van der Waals surface area contributed by atoms with Gasteiger partial charge in [0.2, 0.25) is 0 Å². The second-order valence-electron chi connectivity index (χ2n) is 3.65. The highest BCUT2D eigenvalue weighted by atomic mass is 19.1. The van der Waals surface area contributed by atoms with Crippen LogP contribution in [0.2, 0.25) is 0 Å². The van der Waals surface area contributed by atoms with Gasteiger partial charge in [0.05, 0.1) is 0 Å². The molecule has 0 aliphatic rings. The molecule has 0 saturated heterocycles. The number of nitrogens with zero attached hydrogens (tertiary/aromatic N) is 3. The number of rotatable bonds is 4. The van der Waals surface area contributed by atoms with Crippen molar-refractivity contribution in [2.75, 3.05) is 0 Å². The number of hydrogen-bond acceptors (Lipinski definition) is 4. The van der Waals surface area contributed by atoms with E-state index in [1.54, 1.807) is 17.0 Å². The Balaban J connectivity index is 2.09. The summed E-state index contributed by atoms with van der Waals surface area (Å²) in [7, 11) is 1.82. The van der Waals surface area contributed by atoms with Gasteiger partial charge in [0.15, 0.2) is 5.82 Å². The van der Waals surface area contributed by atoms with E-state index >= 15 is 0 Å². The number of ether oxygens (including phenoxy) is 1. The van der Waals surface area contributed by atoms with Crippen LogP contribution in [0.5, 0.6) is 5.75 Å². The molecule has 2 rings (SSSR count). The fraction of sp³-hybridized carbons (Fsp3) is 0.273. The molecule has 1 aromatic carbocycles. The van der Waals surface area contributed by atoms with E-state index in [4.69, 9.17) is 10.5 Å². The number of benzene rings is 1. The van der Waals surface area contributed by atoms with Gasteiger partial charge in [-0.25, -0.2) is 4.39 Å². The summed E-state index contributed by atoms with van der Waals surface area (Å²) in [5.74, 6) is 0.748. The van der Waals surface area contributed by atoms with E-state index in [0.717, 1.165) is 0 Å². The van der Waals surface area contributed by atoms with Crippen molar-refractivity contribution in [3.8, 4) is 5.75 Å². The Morgan fingerprint density at radius 3 is 2.88 bits per heavy atom. The van der Waals surface area contributed by atoms with Gasteiger partial charge in [0.1, 0.15) is 24.5 Å². The zero-order valence-corrected chi connectivity index (χ0v) is 9.43. The molecule has 0 saturated carbocycles. The minimum Gasteiger partial charge on any atom is -0.485 e. The Hall–Kier alpha value is -1.95. The van der Waals surface area contributed by atoms with Crippen LogP contribution in [0.25, 0.3) is 0 Å². The highest BCUT2D eigenvalue weighted by Crippen LogP contribution is 2.17. The molecule has 0 aliphatic heterocycles. The largest absolute Gasteiger partial charge is 0.485 e. The number of nitrogens with two attached hydrogens (primary N) is 1. The first kappa shape index (κ1) is 11.5. The van der Waals surface area contributed by atoms with Crippen molar-refractivity contribution in [3.63, 3.8) is 0 Å². The van der Waals surface area contributed by atoms with Crippen molar-refractivity contribution < 1.29 is 9.13 Å². The van der Waals surface area contributed by atoms with Gasteiger partial charge in [-0.3, -0.25) is 0 Å². The molecule has 5 nitrogen and oxygen atoms in total. The second kappa shape index (κ2) is 4.92. The predicted octanol–water partition coefficient (Wildman–Crippen LogP) is 0.992. The maximum Gasteiger partial charge on any atom is 0.170 e. The van der Waals surface area contributed by atoms with Crippen LogP contribution in [0.15, 0.2) is 24.5 Å². The van der Waals surface area contributed by atoms with Gasteiger partial charge in [-0.05, 0) is 17.7 Å². The standard InChI is InChI=1S/C11H13FN4O/c1-16-7-14-15-11(16)6-17-10-3-8(5-13)2-9(12)4-10/h2-4,7H,5-6,13H2,1H3. The van der Waals surface area contributed by atoms with Gasteiger partial charge in [0.25, 0.3) is 0 Å². The summed E-state index contributed by atoms with van der Waals surface area (Å²) in [6.07, 6.45) is 1.58. The van der Waals surface area contributed by atoms with Crippen molar-refractivity contribution in [2.45, 2.75) is 13.2 Å². The molecule has 1 heterocycles. The molecule has 0 amide bonds. The van der Waals surface area contributed by atoms with Crippen LogP contribution in [-0.4, -0.2) is 14.8 Å². The normalized spacial score (nSPS) is 10.5. The molecule has 0 bridgehead atoms. The van der Waals surface area contributed by atoms with Gasteiger partial charge in [-0.2, -0.15) is 0 Å². The summed E-state index contributed by atoms with van der Waals surface area (Å²) < 4.78 is 20.4. The quantitative estimate of drug-likeness (QED) is 0.859. The van der Waals surface area contributed by atoms with E-state index in [9.17, 15) is 4.39 Å². The monoisotopic (exact) mass is 236 g/mol. The lowest BCUT2D eigenvalue weighted by molar-refractivity contribution is 0.289. The van der Waals surface area contributed by atoms with Crippen LogP contribution >= 0.6 is 0 Å². The van der Waals surface area contributed by atoms with Gasteiger partial charge < -0.3 is 15.0 Å². The summed E-state index contributed by atoms with van der Waals surface area (Å²) in [4.78, 5) is 0. The van der Waals surface area contributed by atoms with Crippen molar-refractivity contribution in [2.24, 2.45) is 12.8 Å². The SMILES string of the molecule is Cn1cnnc1COc1cc(F)cc(CN)c1. The Morgan fingerprint density at radius 2 is 2.24 bits per heavy atom. The fourth-order valence-electron chi connectivity index (χ4n) is 1.41. The molecule has 2 aromatic rings. The predicted molar refractivity (Wildman–Crippen MR) is 59.6 cm³/mol. The van der Waals surface area contributed by atoms with Gasteiger partial charge in [-0.1, -0.05) is 0 Å². The van der Waals surface area contributed by atoms with Crippen LogP contribution in [-0.2, 0) is 20.2 Å². The molecule has 0 aliphatic carbocycles.